The molecule has 0 aromatic rings. The summed E-state index contributed by atoms with van der Waals surface area (Å²) in [5, 5.41) is 12.6. The third-order valence-electron chi connectivity index (χ3n) is 4.79. The molecule has 0 aromatic heterocycles. The van der Waals surface area contributed by atoms with E-state index in [0.717, 1.165) is 6.42 Å². The molecule has 20 heavy (non-hydrogen) atoms. The number of aliphatic carboxylic acids is 1. The Morgan fingerprint density at radius 1 is 1.45 bits per heavy atom. The second kappa shape index (κ2) is 6.10. The number of nitrogens with zero attached hydrogens (tertiary/aromatic N) is 1. The number of ether oxygens (including phenoxy) is 1. The first-order valence-corrected chi connectivity index (χ1v) is 7.31. The molecule has 0 bridgehead atoms. The molecule has 0 radical (unpaired) electrons. The molecule has 114 valence electrons. The van der Waals surface area contributed by atoms with Crippen molar-refractivity contribution in [3.8, 4) is 0 Å². The lowest BCUT2D eigenvalue weighted by atomic mass is 9.77. The van der Waals surface area contributed by atoms with Gasteiger partial charge in [0.15, 0.2) is 0 Å². The molecule has 0 spiro atoms. The topological polar surface area (TPSA) is 78.9 Å². The lowest BCUT2D eigenvalue weighted by Gasteiger charge is -2.40. The highest BCUT2D eigenvalue weighted by Gasteiger charge is 2.44. The van der Waals surface area contributed by atoms with E-state index in [4.69, 9.17) is 4.74 Å². The van der Waals surface area contributed by atoms with Crippen molar-refractivity contribution in [2.45, 2.75) is 32.2 Å². The molecule has 2 heterocycles. The summed E-state index contributed by atoms with van der Waals surface area (Å²) in [4.78, 5) is 25.9. The first kappa shape index (κ1) is 15.3. The van der Waals surface area contributed by atoms with Gasteiger partial charge in [-0.15, -0.1) is 0 Å². The van der Waals surface area contributed by atoms with Gasteiger partial charge in [0.1, 0.15) is 0 Å². The number of rotatable bonds is 4. The monoisotopic (exact) mass is 284 g/mol. The second-order valence-electron chi connectivity index (χ2n) is 5.84. The zero-order chi connectivity index (χ0) is 14.8. The van der Waals surface area contributed by atoms with Crippen LogP contribution < -0.4 is 5.32 Å². The van der Waals surface area contributed by atoms with Crippen LogP contribution in [0.1, 0.15) is 26.2 Å². The molecule has 2 saturated heterocycles. The van der Waals surface area contributed by atoms with Gasteiger partial charge in [0, 0.05) is 19.1 Å². The number of carbonyl (C=O) groups excluding carboxylic acids is 1. The predicted molar refractivity (Wildman–Crippen MR) is 73.3 cm³/mol. The Labute approximate surface area is 119 Å². The van der Waals surface area contributed by atoms with Gasteiger partial charge in [0.25, 0.3) is 0 Å². The number of carboxylic acid groups (broad SMARTS) is 1. The van der Waals surface area contributed by atoms with Crippen molar-refractivity contribution in [1.29, 1.82) is 0 Å². The summed E-state index contributed by atoms with van der Waals surface area (Å²) < 4.78 is 5.37. The van der Waals surface area contributed by atoms with Crippen LogP contribution in [0.2, 0.25) is 0 Å². The highest BCUT2D eigenvalue weighted by Crippen LogP contribution is 2.34. The number of hydrogen-bond acceptors (Lipinski definition) is 4. The first-order chi connectivity index (χ1) is 9.54. The van der Waals surface area contributed by atoms with Crippen LogP contribution in [-0.2, 0) is 14.3 Å². The van der Waals surface area contributed by atoms with Gasteiger partial charge in [-0.05, 0) is 26.3 Å². The van der Waals surface area contributed by atoms with Crippen molar-refractivity contribution in [3.05, 3.63) is 0 Å². The molecule has 2 rings (SSSR count). The van der Waals surface area contributed by atoms with Crippen molar-refractivity contribution in [1.82, 2.24) is 10.2 Å². The van der Waals surface area contributed by atoms with Crippen LogP contribution in [0, 0.1) is 11.3 Å². The Kier molecular flexibility index (Phi) is 4.65. The molecule has 3 unspecified atom stereocenters. The van der Waals surface area contributed by atoms with Gasteiger partial charge in [0.2, 0.25) is 5.91 Å². The summed E-state index contributed by atoms with van der Waals surface area (Å²) in [5.74, 6) is -0.951. The molecule has 2 aliphatic rings. The highest BCUT2D eigenvalue weighted by atomic mass is 16.5. The van der Waals surface area contributed by atoms with Crippen molar-refractivity contribution >= 4 is 11.9 Å². The van der Waals surface area contributed by atoms with Crippen LogP contribution in [-0.4, -0.2) is 61.3 Å². The number of likely N-dealkylation sites (N-methyl/N-ethyl adjacent to an activating group) is 1. The molecule has 2 aliphatic heterocycles. The van der Waals surface area contributed by atoms with Gasteiger partial charge < -0.3 is 20.1 Å². The van der Waals surface area contributed by atoms with Gasteiger partial charge in [-0.1, -0.05) is 6.92 Å². The lowest BCUT2D eigenvalue weighted by molar-refractivity contribution is -0.156. The number of carboxylic acids is 1. The largest absolute Gasteiger partial charge is 0.481 e. The lowest BCUT2D eigenvalue weighted by Crippen LogP contribution is -2.53. The molecule has 6 nitrogen and oxygen atoms in total. The van der Waals surface area contributed by atoms with Gasteiger partial charge in [0.05, 0.1) is 24.5 Å². The third-order valence-corrected chi connectivity index (χ3v) is 4.79. The van der Waals surface area contributed by atoms with Crippen LogP contribution in [0.25, 0.3) is 0 Å². The molecule has 3 atom stereocenters. The van der Waals surface area contributed by atoms with Gasteiger partial charge in [-0.3, -0.25) is 9.59 Å². The van der Waals surface area contributed by atoms with Crippen LogP contribution in [0.3, 0.4) is 0 Å². The van der Waals surface area contributed by atoms with E-state index in [1.54, 1.807) is 4.90 Å². The van der Waals surface area contributed by atoms with E-state index in [0.29, 0.717) is 39.1 Å². The fourth-order valence-corrected chi connectivity index (χ4v) is 3.25. The molecular weight excluding hydrogens is 260 g/mol. The average Bonchev–Trinajstić information content (AvgIpc) is 2.94. The zero-order valence-corrected chi connectivity index (χ0v) is 12.2. The number of piperidine rings is 1. The van der Waals surface area contributed by atoms with Gasteiger partial charge >= 0.3 is 5.97 Å². The number of hydrogen-bond donors (Lipinski definition) is 2. The summed E-state index contributed by atoms with van der Waals surface area (Å²) in [5.41, 5.74) is -0.775. The summed E-state index contributed by atoms with van der Waals surface area (Å²) >= 11 is 0. The molecular formula is C14H24N2O4. The maximum atomic E-state index is 12.6. The zero-order valence-electron chi connectivity index (χ0n) is 12.2. The Morgan fingerprint density at radius 2 is 2.20 bits per heavy atom. The fraction of sp³-hybridized carbons (Fsp3) is 0.857. The minimum absolute atomic E-state index is 0.0284. The van der Waals surface area contributed by atoms with Crippen LogP contribution in [0.5, 0.6) is 0 Å². The van der Waals surface area contributed by atoms with Crippen molar-refractivity contribution < 1.29 is 19.4 Å². The van der Waals surface area contributed by atoms with E-state index in [1.165, 1.54) is 0 Å². The van der Waals surface area contributed by atoms with Crippen molar-refractivity contribution in [2.75, 3.05) is 33.4 Å². The standard InChI is InChI=1S/C14H24N2O4/c1-3-14(13(18)19)5-4-6-16(9-14)12(17)10-7-20-8-11(10)15-2/h10-11,15H,3-9H2,1-2H3,(H,18,19). The SMILES string of the molecule is CCC1(C(=O)O)CCCN(C(=O)C2COCC2NC)C1. The molecule has 0 saturated carbocycles. The number of amides is 1. The summed E-state index contributed by atoms with van der Waals surface area (Å²) in [7, 11) is 1.82. The van der Waals surface area contributed by atoms with Crippen LogP contribution >= 0.6 is 0 Å². The van der Waals surface area contributed by atoms with E-state index < -0.39 is 11.4 Å². The summed E-state index contributed by atoms with van der Waals surface area (Å²) in [6, 6.07) is 0.0327. The molecule has 6 heteroatoms. The van der Waals surface area contributed by atoms with Crippen molar-refractivity contribution in [2.24, 2.45) is 11.3 Å². The molecule has 2 N–H and O–H groups in total. The fourth-order valence-electron chi connectivity index (χ4n) is 3.25. The van der Waals surface area contributed by atoms with Crippen molar-refractivity contribution in [3.63, 3.8) is 0 Å². The van der Waals surface area contributed by atoms with Crippen LogP contribution in [0.15, 0.2) is 0 Å². The molecule has 0 aliphatic carbocycles. The van der Waals surface area contributed by atoms with Gasteiger partial charge in [-0.25, -0.2) is 0 Å². The Balaban J connectivity index is 2.08. The van der Waals surface area contributed by atoms with E-state index >= 15 is 0 Å². The predicted octanol–water partition coefficient (Wildman–Crippen LogP) is 0.324. The molecule has 0 aromatic carbocycles. The Morgan fingerprint density at radius 3 is 2.80 bits per heavy atom. The molecule has 1 amide bonds. The Bertz CT molecular complexity index is 387. The smallest absolute Gasteiger partial charge is 0.311 e. The number of nitrogens with one attached hydrogen (secondary N) is 1. The van der Waals surface area contributed by atoms with E-state index in [1.807, 2.05) is 14.0 Å². The number of likely N-dealkylation sites (tertiary alicyclic amines) is 1. The quantitative estimate of drug-likeness (QED) is 0.777. The maximum Gasteiger partial charge on any atom is 0.311 e. The number of carbonyl (C=O) groups is 2. The summed E-state index contributed by atoms with van der Waals surface area (Å²) in [6.45, 7) is 3.83. The Hall–Kier alpha value is -1.14. The first-order valence-electron chi connectivity index (χ1n) is 7.31. The third kappa shape index (κ3) is 2.67. The van der Waals surface area contributed by atoms with E-state index in [9.17, 15) is 14.7 Å². The van der Waals surface area contributed by atoms with Gasteiger partial charge in [-0.2, -0.15) is 0 Å². The summed E-state index contributed by atoms with van der Waals surface area (Å²) in [6.07, 6.45) is 1.96. The maximum absolute atomic E-state index is 12.6. The van der Waals surface area contributed by atoms with E-state index in [2.05, 4.69) is 5.32 Å². The second-order valence-corrected chi connectivity index (χ2v) is 5.84. The normalized spacial score (nSPS) is 34.2. The molecule has 2 fully saturated rings. The minimum atomic E-state index is -0.787. The highest BCUT2D eigenvalue weighted by molar-refractivity contribution is 5.82. The minimum Gasteiger partial charge on any atom is -0.481 e. The van der Waals surface area contributed by atoms with Crippen LogP contribution in [0.4, 0.5) is 0 Å². The van der Waals surface area contributed by atoms with E-state index in [-0.39, 0.29) is 17.9 Å². The average molecular weight is 284 g/mol.